The van der Waals surface area contributed by atoms with E-state index in [1.807, 2.05) is 0 Å². The number of Topliss-reactive ketones (excluding diaryl/α,β-unsaturated/α-hetero) is 1. The Hall–Kier alpha value is -1.54. The van der Waals surface area contributed by atoms with Gasteiger partial charge in [-0.3, -0.25) is 18.8 Å². The van der Waals surface area contributed by atoms with E-state index >= 15 is 0 Å². The molecular formula is C11H15NO6S. The molecule has 0 radical (unpaired) electrons. The number of hydrogen-bond acceptors (Lipinski definition) is 7. The molecule has 1 heterocycles. The molecule has 1 aliphatic rings. The highest BCUT2D eigenvalue weighted by Crippen LogP contribution is 2.13. The second-order valence-corrected chi connectivity index (χ2v) is 5.57. The van der Waals surface area contributed by atoms with Gasteiger partial charge < -0.3 is 4.74 Å². The second-order valence-electron chi connectivity index (χ2n) is 3.92. The Labute approximate surface area is 111 Å². The van der Waals surface area contributed by atoms with E-state index in [0.717, 1.165) is 6.26 Å². The van der Waals surface area contributed by atoms with Crippen molar-refractivity contribution >= 4 is 27.6 Å². The Morgan fingerprint density at radius 2 is 2.16 bits per heavy atom. The van der Waals surface area contributed by atoms with Crippen LogP contribution in [0.3, 0.4) is 0 Å². The van der Waals surface area contributed by atoms with E-state index in [1.54, 1.807) is 0 Å². The third kappa shape index (κ3) is 5.75. The van der Waals surface area contributed by atoms with Crippen LogP contribution in [0.1, 0.15) is 19.3 Å². The molecule has 0 aromatic heterocycles. The maximum absolute atomic E-state index is 11.6. The number of aliphatic imine (C=N–C) groups is 1. The van der Waals surface area contributed by atoms with Gasteiger partial charge in [0, 0.05) is 12.8 Å². The third-order valence-electron chi connectivity index (χ3n) is 2.34. The Bertz CT molecular complexity index is 531. The minimum Gasteiger partial charge on any atom is -0.469 e. The minimum atomic E-state index is -3.55. The van der Waals surface area contributed by atoms with Gasteiger partial charge in [0.2, 0.25) is 0 Å². The first-order valence-electron chi connectivity index (χ1n) is 5.53. The monoisotopic (exact) mass is 289 g/mol. The smallest absolute Gasteiger partial charge is 0.305 e. The molecule has 0 N–H and O–H groups in total. The summed E-state index contributed by atoms with van der Waals surface area (Å²) in [5, 5.41) is 0. The topological polar surface area (TPSA) is 99.1 Å². The Morgan fingerprint density at radius 1 is 1.47 bits per heavy atom. The zero-order chi connectivity index (χ0) is 14.5. The summed E-state index contributed by atoms with van der Waals surface area (Å²) in [6, 6.07) is 0. The molecule has 0 saturated carbocycles. The van der Waals surface area contributed by atoms with Crippen LogP contribution in [0, 0.1) is 0 Å². The highest BCUT2D eigenvalue weighted by molar-refractivity contribution is 7.85. The van der Waals surface area contributed by atoms with Crippen molar-refractivity contribution in [3.8, 4) is 0 Å². The highest BCUT2D eigenvalue weighted by Gasteiger charge is 2.18. The van der Waals surface area contributed by atoms with Gasteiger partial charge in [-0.05, 0) is 0 Å². The van der Waals surface area contributed by atoms with Crippen LogP contribution in [0.15, 0.2) is 16.8 Å². The summed E-state index contributed by atoms with van der Waals surface area (Å²) in [4.78, 5) is 26.6. The van der Waals surface area contributed by atoms with Crippen molar-refractivity contribution in [1.29, 1.82) is 0 Å². The Morgan fingerprint density at radius 3 is 2.74 bits per heavy atom. The van der Waals surface area contributed by atoms with Crippen LogP contribution < -0.4 is 0 Å². The molecule has 8 heteroatoms. The number of rotatable bonds is 6. The van der Waals surface area contributed by atoms with Crippen LogP contribution in [-0.2, 0) is 28.6 Å². The van der Waals surface area contributed by atoms with Gasteiger partial charge in [0.1, 0.15) is 6.61 Å². The van der Waals surface area contributed by atoms with Crippen LogP contribution in [0.2, 0.25) is 0 Å². The average Bonchev–Trinajstić information content (AvgIpc) is 2.34. The molecule has 0 fully saturated rings. The molecule has 0 spiro atoms. The first-order valence-corrected chi connectivity index (χ1v) is 7.34. The summed E-state index contributed by atoms with van der Waals surface area (Å²) in [6.07, 6.45) is 2.80. The lowest BCUT2D eigenvalue weighted by Gasteiger charge is -2.11. The molecule has 0 aromatic carbocycles. The number of carbonyl (C=O) groups is 2. The summed E-state index contributed by atoms with van der Waals surface area (Å²) < 4.78 is 30.8. The number of ether oxygens (including phenoxy) is 1. The molecule has 0 saturated heterocycles. The van der Waals surface area contributed by atoms with Crippen molar-refractivity contribution < 1.29 is 26.9 Å². The molecule has 7 nitrogen and oxygen atoms in total. The lowest BCUT2D eigenvalue weighted by Crippen LogP contribution is -2.20. The normalized spacial score (nSPS) is 15.8. The first kappa shape index (κ1) is 15.5. The van der Waals surface area contributed by atoms with Gasteiger partial charge in [0.05, 0.1) is 31.2 Å². The summed E-state index contributed by atoms with van der Waals surface area (Å²) in [5.41, 5.74) is 0.602. The number of esters is 1. The lowest BCUT2D eigenvalue weighted by molar-refractivity contribution is -0.140. The molecule has 19 heavy (non-hydrogen) atoms. The van der Waals surface area contributed by atoms with Gasteiger partial charge in [-0.25, -0.2) is 0 Å². The highest BCUT2D eigenvalue weighted by atomic mass is 32.2. The van der Waals surface area contributed by atoms with Crippen molar-refractivity contribution in [2.45, 2.75) is 19.3 Å². The molecule has 106 valence electrons. The van der Waals surface area contributed by atoms with Crippen molar-refractivity contribution in [3.05, 3.63) is 11.8 Å². The molecule has 1 aliphatic heterocycles. The number of ketones is 1. The van der Waals surface area contributed by atoms with E-state index < -0.39 is 16.1 Å². The predicted molar refractivity (Wildman–Crippen MR) is 67.2 cm³/mol. The largest absolute Gasteiger partial charge is 0.469 e. The maximum atomic E-state index is 11.6. The molecule has 0 unspecified atom stereocenters. The SMILES string of the molecule is COC(=O)CCC1=NC(COS(C)(=O)=O)=CCC1=O. The van der Waals surface area contributed by atoms with E-state index in [9.17, 15) is 18.0 Å². The average molecular weight is 289 g/mol. The van der Waals surface area contributed by atoms with E-state index in [-0.39, 0.29) is 37.4 Å². The Balaban J connectivity index is 2.64. The summed E-state index contributed by atoms with van der Waals surface area (Å²) in [6.45, 7) is -0.214. The van der Waals surface area contributed by atoms with Crippen LogP contribution in [0.5, 0.6) is 0 Å². The van der Waals surface area contributed by atoms with Crippen molar-refractivity contribution in [1.82, 2.24) is 0 Å². The fraction of sp³-hybridized carbons (Fsp3) is 0.545. The molecule has 0 atom stereocenters. The number of carbonyl (C=O) groups excluding carboxylic acids is 2. The zero-order valence-electron chi connectivity index (χ0n) is 10.7. The van der Waals surface area contributed by atoms with Crippen LogP contribution in [0.4, 0.5) is 0 Å². The van der Waals surface area contributed by atoms with Crippen molar-refractivity contribution in [2.24, 2.45) is 4.99 Å². The summed E-state index contributed by atoms with van der Waals surface area (Å²) in [7, 11) is -2.29. The zero-order valence-corrected chi connectivity index (χ0v) is 11.5. The predicted octanol–water partition coefficient (Wildman–Crippen LogP) is 0.213. The van der Waals surface area contributed by atoms with Crippen molar-refractivity contribution in [3.63, 3.8) is 0 Å². The van der Waals surface area contributed by atoms with Crippen molar-refractivity contribution in [2.75, 3.05) is 20.0 Å². The van der Waals surface area contributed by atoms with E-state index in [4.69, 9.17) is 0 Å². The number of allylic oxidation sites excluding steroid dienone is 1. The van der Waals surface area contributed by atoms with Gasteiger partial charge in [0.15, 0.2) is 5.78 Å². The molecule has 0 aromatic rings. The van der Waals surface area contributed by atoms with E-state index in [0.29, 0.717) is 5.70 Å². The molecule has 0 amide bonds. The molecule has 0 bridgehead atoms. The van der Waals surface area contributed by atoms with Crippen LogP contribution in [0.25, 0.3) is 0 Å². The number of hydrogen-bond donors (Lipinski definition) is 0. The molecule has 1 rings (SSSR count). The number of methoxy groups -OCH3 is 1. The molecule has 0 aliphatic carbocycles. The fourth-order valence-corrected chi connectivity index (χ4v) is 1.72. The van der Waals surface area contributed by atoms with Gasteiger partial charge in [-0.15, -0.1) is 0 Å². The maximum Gasteiger partial charge on any atom is 0.305 e. The quantitative estimate of drug-likeness (QED) is 0.512. The summed E-state index contributed by atoms with van der Waals surface area (Å²) in [5.74, 6) is -0.619. The molecular weight excluding hydrogens is 274 g/mol. The lowest BCUT2D eigenvalue weighted by atomic mass is 10.0. The number of nitrogens with zero attached hydrogens (tertiary/aromatic N) is 1. The van der Waals surface area contributed by atoms with Gasteiger partial charge >= 0.3 is 5.97 Å². The van der Waals surface area contributed by atoms with E-state index in [2.05, 4.69) is 13.9 Å². The van der Waals surface area contributed by atoms with Gasteiger partial charge in [-0.1, -0.05) is 6.08 Å². The van der Waals surface area contributed by atoms with Gasteiger partial charge in [0.25, 0.3) is 10.1 Å². The summed E-state index contributed by atoms with van der Waals surface area (Å²) >= 11 is 0. The van der Waals surface area contributed by atoms with Gasteiger partial charge in [-0.2, -0.15) is 8.42 Å². The Kier molecular flexibility index (Phi) is 5.37. The standard InChI is InChI=1S/C11H15NO6S/c1-17-11(14)6-4-9-10(13)5-3-8(12-9)7-18-19(2,15)16/h3H,4-7H2,1-2H3. The van der Waals surface area contributed by atoms with Crippen LogP contribution >= 0.6 is 0 Å². The second kappa shape index (κ2) is 6.58. The minimum absolute atomic E-state index is 0.0568. The van der Waals surface area contributed by atoms with E-state index in [1.165, 1.54) is 13.2 Å². The van der Waals surface area contributed by atoms with Crippen LogP contribution in [-0.4, -0.2) is 45.9 Å². The fourth-order valence-electron chi connectivity index (χ4n) is 1.39. The first-order chi connectivity index (χ1) is 8.81. The third-order valence-corrected chi connectivity index (χ3v) is 2.88.